The number of carbonyl (C=O) groups excluding carboxylic acids is 1. The van der Waals surface area contributed by atoms with Gasteiger partial charge in [-0.2, -0.15) is 0 Å². The minimum absolute atomic E-state index is 0.00495. The number of ketones is 1. The third-order valence-corrected chi connectivity index (χ3v) is 2.32. The van der Waals surface area contributed by atoms with E-state index in [9.17, 15) is 9.18 Å². The Morgan fingerprint density at radius 1 is 1.59 bits per heavy atom. The number of nitrogens with zero attached hydrogens (tertiary/aromatic N) is 1. The van der Waals surface area contributed by atoms with E-state index in [0.717, 1.165) is 6.07 Å². The first-order valence-electron chi connectivity index (χ1n) is 4.77. The standard InChI is InChI=1S/C11H12ClFN2O2/c1-6(16)7-3-10(17-2)8(13)4-9(7)15-11(14)5-12/h3-4H,5H2,1-2H3,(H2,14,15). The molecule has 0 amide bonds. The third kappa shape index (κ3) is 3.17. The summed E-state index contributed by atoms with van der Waals surface area (Å²) in [6.07, 6.45) is 0. The molecule has 92 valence electrons. The van der Waals surface area contributed by atoms with Crippen LogP contribution in [-0.4, -0.2) is 24.6 Å². The molecule has 0 heterocycles. The molecule has 0 unspecified atom stereocenters. The fourth-order valence-corrected chi connectivity index (χ4v) is 1.32. The number of hydrogen-bond donors (Lipinski definition) is 1. The minimum Gasteiger partial charge on any atom is -0.494 e. The lowest BCUT2D eigenvalue weighted by atomic mass is 10.1. The highest BCUT2D eigenvalue weighted by molar-refractivity contribution is 6.28. The molecule has 0 bridgehead atoms. The van der Waals surface area contributed by atoms with Gasteiger partial charge in [-0.15, -0.1) is 11.6 Å². The Kier molecular flexibility index (Phi) is 4.45. The van der Waals surface area contributed by atoms with Gasteiger partial charge in [0.2, 0.25) is 0 Å². The monoisotopic (exact) mass is 258 g/mol. The maximum atomic E-state index is 13.5. The summed E-state index contributed by atoms with van der Waals surface area (Å²) in [4.78, 5) is 15.3. The second-order valence-corrected chi connectivity index (χ2v) is 3.56. The van der Waals surface area contributed by atoms with Crippen LogP contribution < -0.4 is 10.5 Å². The summed E-state index contributed by atoms with van der Waals surface area (Å²) in [5, 5.41) is 0. The van der Waals surface area contributed by atoms with E-state index in [2.05, 4.69) is 4.99 Å². The summed E-state index contributed by atoms with van der Waals surface area (Å²) in [6, 6.07) is 2.38. The Bertz CT molecular complexity index is 475. The number of carbonyl (C=O) groups is 1. The molecule has 1 rings (SSSR count). The van der Waals surface area contributed by atoms with Crippen molar-refractivity contribution in [3.63, 3.8) is 0 Å². The number of alkyl halides is 1. The molecule has 0 fully saturated rings. The maximum absolute atomic E-state index is 13.5. The highest BCUT2D eigenvalue weighted by atomic mass is 35.5. The third-order valence-electron chi connectivity index (χ3n) is 2.05. The molecule has 0 aromatic heterocycles. The van der Waals surface area contributed by atoms with Gasteiger partial charge in [0.1, 0.15) is 5.84 Å². The number of halogens is 2. The lowest BCUT2D eigenvalue weighted by Gasteiger charge is -2.07. The van der Waals surface area contributed by atoms with Gasteiger partial charge in [0.05, 0.1) is 18.7 Å². The van der Waals surface area contributed by atoms with Gasteiger partial charge in [-0.05, 0) is 13.0 Å². The molecular weight excluding hydrogens is 247 g/mol. The van der Waals surface area contributed by atoms with Crippen molar-refractivity contribution in [3.8, 4) is 5.75 Å². The van der Waals surface area contributed by atoms with E-state index >= 15 is 0 Å². The van der Waals surface area contributed by atoms with E-state index in [1.807, 2.05) is 0 Å². The summed E-state index contributed by atoms with van der Waals surface area (Å²) in [5.41, 5.74) is 5.83. The number of amidine groups is 1. The predicted molar refractivity (Wildman–Crippen MR) is 65.0 cm³/mol. The van der Waals surface area contributed by atoms with Crippen molar-refractivity contribution in [2.45, 2.75) is 6.92 Å². The normalized spacial score (nSPS) is 11.4. The summed E-state index contributed by atoms with van der Waals surface area (Å²) >= 11 is 5.47. The highest BCUT2D eigenvalue weighted by Gasteiger charge is 2.13. The van der Waals surface area contributed by atoms with Gasteiger partial charge in [-0.3, -0.25) is 4.79 Å². The summed E-state index contributed by atoms with van der Waals surface area (Å²) in [7, 11) is 1.32. The number of Topliss-reactive ketones (excluding diaryl/α,β-unsaturated/α-hetero) is 1. The number of aliphatic imine (C=N–C) groups is 1. The smallest absolute Gasteiger partial charge is 0.167 e. The number of methoxy groups -OCH3 is 1. The molecule has 0 spiro atoms. The second kappa shape index (κ2) is 5.63. The molecule has 0 atom stereocenters. The average Bonchev–Trinajstić information content (AvgIpc) is 2.28. The van der Waals surface area contributed by atoms with Gasteiger partial charge in [0, 0.05) is 11.6 Å². The molecular formula is C11H12ClFN2O2. The zero-order valence-electron chi connectivity index (χ0n) is 9.46. The Balaban J connectivity index is 3.38. The Morgan fingerprint density at radius 3 is 2.71 bits per heavy atom. The molecule has 1 aromatic rings. The van der Waals surface area contributed by atoms with Gasteiger partial charge < -0.3 is 10.5 Å². The number of benzene rings is 1. The molecule has 4 nitrogen and oxygen atoms in total. The van der Waals surface area contributed by atoms with Crippen molar-refractivity contribution >= 4 is 28.9 Å². The van der Waals surface area contributed by atoms with Gasteiger partial charge in [-0.1, -0.05) is 0 Å². The van der Waals surface area contributed by atoms with Gasteiger partial charge in [0.25, 0.3) is 0 Å². The van der Waals surface area contributed by atoms with Crippen LogP contribution in [0, 0.1) is 5.82 Å². The Hall–Kier alpha value is -1.62. The van der Waals surface area contributed by atoms with E-state index < -0.39 is 5.82 Å². The summed E-state index contributed by atoms with van der Waals surface area (Å²) in [6.45, 7) is 1.35. The molecule has 6 heteroatoms. The van der Waals surface area contributed by atoms with E-state index in [0.29, 0.717) is 0 Å². The number of rotatable bonds is 4. The molecule has 17 heavy (non-hydrogen) atoms. The van der Waals surface area contributed by atoms with Crippen LogP contribution in [0.2, 0.25) is 0 Å². The zero-order valence-corrected chi connectivity index (χ0v) is 10.2. The van der Waals surface area contributed by atoms with Crippen LogP contribution in [-0.2, 0) is 0 Å². The van der Waals surface area contributed by atoms with E-state index in [1.165, 1.54) is 20.1 Å². The van der Waals surface area contributed by atoms with Crippen molar-refractivity contribution in [2.75, 3.05) is 13.0 Å². The van der Waals surface area contributed by atoms with Crippen molar-refractivity contribution in [3.05, 3.63) is 23.5 Å². The SMILES string of the molecule is COc1cc(C(C)=O)c(N=C(N)CCl)cc1F. The van der Waals surface area contributed by atoms with Gasteiger partial charge >= 0.3 is 0 Å². The predicted octanol–water partition coefficient (Wildman–Crippen LogP) is 2.26. The lowest BCUT2D eigenvalue weighted by Crippen LogP contribution is -2.12. The average molecular weight is 259 g/mol. The molecule has 1 aromatic carbocycles. The van der Waals surface area contributed by atoms with Crippen LogP contribution in [0.1, 0.15) is 17.3 Å². The van der Waals surface area contributed by atoms with Crippen molar-refractivity contribution in [1.82, 2.24) is 0 Å². The van der Waals surface area contributed by atoms with Crippen LogP contribution in [0.25, 0.3) is 0 Å². The molecule has 2 N–H and O–H groups in total. The fourth-order valence-electron chi connectivity index (χ4n) is 1.26. The largest absolute Gasteiger partial charge is 0.494 e. The molecule has 0 aliphatic rings. The minimum atomic E-state index is -0.612. The van der Waals surface area contributed by atoms with E-state index in [4.69, 9.17) is 22.1 Å². The molecule has 0 saturated heterocycles. The number of ether oxygens (including phenoxy) is 1. The van der Waals surface area contributed by atoms with Gasteiger partial charge in [-0.25, -0.2) is 9.38 Å². The molecule has 0 saturated carbocycles. The zero-order chi connectivity index (χ0) is 13.0. The van der Waals surface area contributed by atoms with Crippen molar-refractivity contribution in [2.24, 2.45) is 10.7 Å². The number of nitrogens with two attached hydrogens (primary N) is 1. The topological polar surface area (TPSA) is 64.7 Å². The van der Waals surface area contributed by atoms with Crippen LogP contribution in [0.5, 0.6) is 5.75 Å². The summed E-state index contributed by atoms with van der Waals surface area (Å²) < 4.78 is 18.3. The molecule has 0 aliphatic heterocycles. The van der Waals surface area contributed by atoms with E-state index in [-0.39, 0.29) is 34.5 Å². The van der Waals surface area contributed by atoms with Crippen LogP contribution in [0.3, 0.4) is 0 Å². The van der Waals surface area contributed by atoms with Crippen molar-refractivity contribution in [1.29, 1.82) is 0 Å². The first-order valence-corrected chi connectivity index (χ1v) is 5.30. The number of hydrogen-bond acceptors (Lipinski definition) is 3. The summed E-state index contributed by atoms with van der Waals surface area (Å²) in [5.74, 6) is -0.772. The van der Waals surface area contributed by atoms with Gasteiger partial charge in [0.15, 0.2) is 17.3 Å². The van der Waals surface area contributed by atoms with Crippen LogP contribution >= 0.6 is 11.6 Å². The first-order chi connectivity index (χ1) is 7.99. The first kappa shape index (κ1) is 13.4. The highest BCUT2D eigenvalue weighted by Crippen LogP contribution is 2.28. The fraction of sp³-hybridized carbons (Fsp3) is 0.273. The van der Waals surface area contributed by atoms with Crippen molar-refractivity contribution < 1.29 is 13.9 Å². The van der Waals surface area contributed by atoms with Crippen LogP contribution in [0.4, 0.5) is 10.1 Å². The molecule has 0 aliphatic carbocycles. The van der Waals surface area contributed by atoms with E-state index in [1.54, 1.807) is 0 Å². The molecule has 0 radical (unpaired) electrons. The Labute approximate surface area is 103 Å². The second-order valence-electron chi connectivity index (χ2n) is 3.30. The maximum Gasteiger partial charge on any atom is 0.167 e. The van der Waals surface area contributed by atoms with Crippen LogP contribution in [0.15, 0.2) is 17.1 Å². The quantitative estimate of drug-likeness (QED) is 0.390. The lowest BCUT2D eigenvalue weighted by molar-refractivity contribution is 0.101. The Morgan fingerprint density at radius 2 is 2.24 bits per heavy atom.